The minimum Gasteiger partial charge on any atom is -0.371 e. The van der Waals surface area contributed by atoms with E-state index < -0.39 is 22.0 Å². The Bertz CT molecular complexity index is 993. The van der Waals surface area contributed by atoms with Gasteiger partial charge < -0.3 is 10.6 Å². The van der Waals surface area contributed by atoms with Gasteiger partial charge in [-0.3, -0.25) is 29.8 Å². The second kappa shape index (κ2) is 8.31. The lowest BCUT2D eigenvalue weighted by atomic mass is 10.1. The van der Waals surface area contributed by atoms with Crippen LogP contribution in [0, 0.1) is 10.1 Å². The van der Waals surface area contributed by atoms with Crippen molar-refractivity contribution in [2.75, 3.05) is 17.2 Å². The molecule has 10 nitrogen and oxygen atoms in total. The van der Waals surface area contributed by atoms with E-state index in [1.165, 1.54) is 30.5 Å². The predicted octanol–water partition coefficient (Wildman–Crippen LogP) is 2.36. The zero-order valence-corrected chi connectivity index (χ0v) is 15.0. The summed E-state index contributed by atoms with van der Waals surface area (Å²) < 4.78 is 0. The van der Waals surface area contributed by atoms with Crippen LogP contribution in [0.3, 0.4) is 0 Å². The van der Waals surface area contributed by atoms with Crippen molar-refractivity contribution in [3.05, 3.63) is 63.2 Å². The molecule has 1 saturated heterocycles. The Labute approximate surface area is 162 Å². The van der Waals surface area contributed by atoms with Crippen molar-refractivity contribution in [1.82, 2.24) is 10.3 Å². The monoisotopic (exact) mass is 399 g/mol. The smallest absolute Gasteiger partial charge is 0.292 e. The molecule has 1 fully saturated rings. The van der Waals surface area contributed by atoms with Gasteiger partial charge in [-0.25, -0.2) is 4.98 Å². The van der Waals surface area contributed by atoms with Gasteiger partial charge in [-0.1, -0.05) is 12.1 Å². The molecule has 1 aromatic heterocycles. The first kappa shape index (κ1) is 19.0. The summed E-state index contributed by atoms with van der Waals surface area (Å²) in [7, 11) is 0. The van der Waals surface area contributed by atoms with Gasteiger partial charge in [-0.15, -0.1) is 0 Å². The average Bonchev–Trinajstić information content (AvgIpc) is 2.98. The quantitative estimate of drug-likeness (QED) is 0.381. The Kier molecular flexibility index (Phi) is 5.65. The van der Waals surface area contributed by atoms with E-state index in [0.29, 0.717) is 11.4 Å². The molecular weight excluding hydrogens is 386 g/mol. The van der Waals surface area contributed by atoms with Gasteiger partial charge in [0.15, 0.2) is 0 Å². The molecule has 1 aliphatic heterocycles. The third kappa shape index (κ3) is 4.71. The summed E-state index contributed by atoms with van der Waals surface area (Å²) in [6, 6.07) is 9.25. The molecule has 3 amide bonds. The van der Waals surface area contributed by atoms with Gasteiger partial charge in [0.25, 0.3) is 16.8 Å². The van der Waals surface area contributed by atoms with Gasteiger partial charge in [0.1, 0.15) is 11.5 Å². The summed E-state index contributed by atoms with van der Waals surface area (Å²) >= 11 is 0.719. The number of nitrogens with zero attached hydrogens (tertiary/aromatic N) is 2. The summed E-state index contributed by atoms with van der Waals surface area (Å²) in [6.45, 7) is -0.204. The second-order valence-corrected chi connectivity index (χ2v) is 6.52. The summed E-state index contributed by atoms with van der Waals surface area (Å²) in [4.78, 5) is 49.6. The first-order chi connectivity index (χ1) is 13.4. The minimum absolute atomic E-state index is 0.142. The van der Waals surface area contributed by atoms with Crippen molar-refractivity contribution in [2.45, 2.75) is 0 Å². The molecule has 0 aliphatic carbocycles. The summed E-state index contributed by atoms with van der Waals surface area (Å²) in [6.07, 6.45) is 2.91. The number of benzene rings is 1. The van der Waals surface area contributed by atoms with Crippen LogP contribution in [0.1, 0.15) is 5.56 Å². The molecule has 0 atom stereocenters. The molecule has 0 bridgehead atoms. The van der Waals surface area contributed by atoms with E-state index in [2.05, 4.69) is 20.9 Å². The summed E-state index contributed by atoms with van der Waals surface area (Å²) in [5.41, 5.74) is 0.250. The molecule has 11 heteroatoms. The number of nitro benzene ring substituents is 1. The number of rotatable bonds is 6. The number of pyridine rings is 1. The predicted molar refractivity (Wildman–Crippen MR) is 104 cm³/mol. The number of carbonyl (C=O) groups excluding carboxylic acids is 3. The number of hydrogen-bond acceptors (Lipinski definition) is 8. The number of anilines is 2. The van der Waals surface area contributed by atoms with Crippen LogP contribution in [0.15, 0.2) is 47.5 Å². The largest absolute Gasteiger partial charge is 0.371 e. The van der Waals surface area contributed by atoms with Crippen LogP contribution in [0.25, 0.3) is 6.08 Å². The molecular formula is C17H13N5O5S. The number of carbonyl (C=O) groups is 3. The maximum atomic E-state index is 12.0. The van der Waals surface area contributed by atoms with Crippen molar-refractivity contribution in [1.29, 1.82) is 0 Å². The Morgan fingerprint density at radius 1 is 1.29 bits per heavy atom. The van der Waals surface area contributed by atoms with E-state index in [9.17, 15) is 24.5 Å². The highest BCUT2D eigenvalue weighted by Crippen LogP contribution is 2.30. The zero-order chi connectivity index (χ0) is 20.1. The van der Waals surface area contributed by atoms with Crippen LogP contribution in [-0.2, 0) is 9.59 Å². The molecule has 1 aromatic carbocycles. The van der Waals surface area contributed by atoms with Crippen LogP contribution in [0.4, 0.5) is 22.0 Å². The van der Waals surface area contributed by atoms with Gasteiger partial charge in [0, 0.05) is 12.3 Å². The van der Waals surface area contributed by atoms with E-state index in [-0.39, 0.29) is 22.8 Å². The number of thioether (sulfide) groups is 1. The first-order valence-electron chi connectivity index (χ1n) is 7.90. The number of nitrogens with one attached hydrogen (secondary N) is 3. The molecule has 0 unspecified atom stereocenters. The highest BCUT2D eigenvalue weighted by atomic mass is 32.2. The Balaban J connectivity index is 1.72. The molecule has 28 heavy (non-hydrogen) atoms. The molecule has 0 radical (unpaired) electrons. The Morgan fingerprint density at radius 3 is 2.75 bits per heavy atom. The third-order valence-corrected chi connectivity index (χ3v) is 4.34. The Morgan fingerprint density at radius 2 is 2.11 bits per heavy atom. The minimum atomic E-state index is -0.603. The average molecular weight is 399 g/mol. The number of imide groups is 1. The van der Waals surface area contributed by atoms with Gasteiger partial charge in [-0.2, -0.15) is 0 Å². The fourth-order valence-electron chi connectivity index (χ4n) is 2.31. The standard InChI is InChI=1S/C17H13N5O5S/c23-15(20-14-3-1-2-6-18-14)9-19-11-5-4-10(7-12(11)22(26)27)8-13-16(24)21-17(25)28-13/h1-8,19H,9H2,(H,18,20,23)(H,21,24,25)/b13-8-. The Hall–Kier alpha value is -3.73. The van der Waals surface area contributed by atoms with Crippen LogP contribution in [0.5, 0.6) is 0 Å². The maximum absolute atomic E-state index is 12.0. The molecule has 0 spiro atoms. The van der Waals surface area contributed by atoms with Gasteiger partial charge >= 0.3 is 0 Å². The first-order valence-corrected chi connectivity index (χ1v) is 8.72. The van der Waals surface area contributed by atoms with E-state index in [1.807, 2.05) is 0 Å². The van der Waals surface area contributed by atoms with Crippen molar-refractivity contribution in [2.24, 2.45) is 0 Å². The normalized spacial score (nSPS) is 14.6. The summed E-state index contributed by atoms with van der Waals surface area (Å²) in [5.74, 6) is -0.601. The van der Waals surface area contributed by atoms with Gasteiger partial charge in [0.2, 0.25) is 5.91 Å². The van der Waals surface area contributed by atoms with Crippen molar-refractivity contribution >= 4 is 52.1 Å². The maximum Gasteiger partial charge on any atom is 0.292 e. The lowest BCUT2D eigenvalue weighted by Crippen LogP contribution is -2.22. The van der Waals surface area contributed by atoms with Crippen molar-refractivity contribution in [3.63, 3.8) is 0 Å². The lowest BCUT2D eigenvalue weighted by molar-refractivity contribution is -0.384. The highest BCUT2D eigenvalue weighted by Gasteiger charge is 2.25. The molecule has 142 valence electrons. The van der Waals surface area contributed by atoms with Crippen molar-refractivity contribution in [3.8, 4) is 0 Å². The molecule has 3 N–H and O–H groups in total. The third-order valence-electron chi connectivity index (χ3n) is 3.53. The SMILES string of the molecule is O=C(CNc1ccc(/C=C2\SC(=O)NC2=O)cc1[N+](=O)[O-])Nc1ccccn1. The number of nitro groups is 1. The molecule has 2 heterocycles. The second-order valence-electron chi connectivity index (χ2n) is 5.50. The van der Waals surface area contributed by atoms with E-state index in [0.717, 1.165) is 11.8 Å². The fourth-order valence-corrected chi connectivity index (χ4v) is 2.99. The topological polar surface area (TPSA) is 143 Å². The molecule has 2 aromatic rings. The molecule has 1 aliphatic rings. The molecule has 0 saturated carbocycles. The van der Waals surface area contributed by atoms with Crippen LogP contribution in [0.2, 0.25) is 0 Å². The molecule has 3 rings (SSSR count). The number of aromatic nitrogens is 1. The zero-order valence-electron chi connectivity index (χ0n) is 14.2. The number of amides is 3. The highest BCUT2D eigenvalue weighted by molar-refractivity contribution is 8.18. The van der Waals surface area contributed by atoms with E-state index in [4.69, 9.17) is 0 Å². The number of hydrogen-bond donors (Lipinski definition) is 3. The summed E-state index contributed by atoms with van der Waals surface area (Å²) in [5, 5.41) is 18.2. The van der Waals surface area contributed by atoms with E-state index in [1.54, 1.807) is 18.2 Å². The van der Waals surface area contributed by atoms with Crippen molar-refractivity contribution < 1.29 is 19.3 Å². The van der Waals surface area contributed by atoms with E-state index >= 15 is 0 Å². The van der Waals surface area contributed by atoms with Crippen LogP contribution in [-0.4, -0.2) is 33.5 Å². The lowest BCUT2D eigenvalue weighted by Gasteiger charge is -2.08. The van der Waals surface area contributed by atoms with Gasteiger partial charge in [0.05, 0.1) is 16.4 Å². The fraction of sp³-hybridized carbons (Fsp3) is 0.0588. The van der Waals surface area contributed by atoms with Crippen LogP contribution >= 0.6 is 11.8 Å². The van der Waals surface area contributed by atoms with Gasteiger partial charge in [-0.05, 0) is 41.6 Å². The van der Waals surface area contributed by atoms with Crippen LogP contribution < -0.4 is 16.0 Å².